The smallest absolute Gasteiger partial charge is 0.260 e. The van der Waals surface area contributed by atoms with Crippen LogP contribution in [0, 0.1) is 5.92 Å². The average Bonchev–Trinajstić information content (AvgIpc) is 3.36. The van der Waals surface area contributed by atoms with Gasteiger partial charge in [-0.1, -0.05) is 0 Å². The van der Waals surface area contributed by atoms with Gasteiger partial charge in [0.05, 0.1) is 12.2 Å². The van der Waals surface area contributed by atoms with Gasteiger partial charge < -0.3 is 15.2 Å². The number of nitrogens with one attached hydrogen (secondary N) is 2. The molecule has 0 aliphatic carbocycles. The summed E-state index contributed by atoms with van der Waals surface area (Å²) in [4.78, 5) is 16.4. The van der Waals surface area contributed by atoms with Crippen molar-refractivity contribution < 1.29 is 13.2 Å². The summed E-state index contributed by atoms with van der Waals surface area (Å²) in [7, 11) is -3.52. The van der Waals surface area contributed by atoms with Crippen molar-refractivity contribution in [2.45, 2.75) is 56.1 Å². The van der Waals surface area contributed by atoms with Crippen LogP contribution in [-0.4, -0.2) is 60.4 Å². The lowest BCUT2D eigenvalue weighted by atomic mass is 9.99. The van der Waals surface area contributed by atoms with Crippen molar-refractivity contribution in [3.63, 3.8) is 0 Å². The number of nitrogens with zero attached hydrogens (tertiary/aromatic N) is 3. The molecule has 0 radical (unpaired) electrons. The molecule has 4 rings (SSSR count). The van der Waals surface area contributed by atoms with Crippen molar-refractivity contribution in [2.75, 3.05) is 26.2 Å². The van der Waals surface area contributed by atoms with E-state index in [1.807, 2.05) is 4.57 Å². The Morgan fingerprint density at radius 2 is 2.15 bits per heavy atom. The second kappa shape index (κ2) is 7.28. The van der Waals surface area contributed by atoms with E-state index in [4.69, 9.17) is 0 Å². The topological polar surface area (TPSA) is 96.3 Å². The van der Waals surface area contributed by atoms with Crippen molar-refractivity contribution >= 4 is 15.9 Å². The number of hydrogen-bond acceptors (Lipinski definition) is 5. The zero-order valence-corrected chi connectivity index (χ0v) is 15.8. The van der Waals surface area contributed by atoms with Crippen LogP contribution in [0.2, 0.25) is 0 Å². The number of aryl methyl sites for hydroxylation is 1. The molecule has 0 bridgehead atoms. The van der Waals surface area contributed by atoms with Gasteiger partial charge in [-0.2, -0.15) is 4.31 Å². The van der Waals surface area contributed by atoms with Crippen LogP contribution in [0.1, 0.15) is 37.9 Å². The van der Waals surface area contributed by atoms with E-state index in [2.05, 4.69) is 15.6 Å². The Balaban J connectivity index is 1.39. The fraction of sp³-hybridized carbons (Fsp3) is 0.765. The zero-order chi connectivity index (χ0) is 18.1. The first-order valence-electron chi connectivity index (χ1n) is 9.61. The Bertz CT molecular complexity index is 769. The molecular weight excluding hydrogens is 354 g/mol. The molecule has 0 saturated carbocycles. The van der Waals surface area contributed by atoms with Crippen LogP contribution in [0.15, 0.2) is 11.2 Å². The van der Waals surface area contributed by atoms with Crippen LogP contribution in [-0.2, 0) is 27.8 Å². The highest BCUT2D eigenvalue weighted by Gasteiger charge is 2.34. The number of piperidine rings is 1. The number of hydrogen-bond donors (Lipinski definition) is 2. The summed E-state index contributed by atoms with van der Waals surface area (Å²) in [6.45, 7) is 3.15. The largest absolute Gasteiger partial charge is 0.354 e. The number of carbonyl (C=O) groups is 1. The molecule has 3 aliphatic heterocycles. The molecular formula is C17H27N5O3S. The van der Waals surface area contributed by atoms with E-state index in [1.54, 1.807) is 4.31 Å². The number of sulfonamides is 1. The Hall–Kier alpha value is -1.45. The van der Waals surface area contributed by atoms with Crippen LogP contribution in [0.25, 0.3) is 0 Å². The molecule has 8 nitrogen and oxygen atoms in total. The summed E-state index contributed by atoms with van der Waals surface area (Å²) in [5.74, 6) is 1.06. The monoisotopic (exact) mass is 381 g/mol. The summed E-state index contributed by atoms with van der Waals surface area (Å²) in [6, 6.07) is -0.0900. The lowest BCUT2D eigenvalue weighted by Gasteiger charge is -2.32. The highest BCUT2D eigenvalue weighted by Crippen LogP contribution is 2.26. The number of fused-ring (bicyclic) bond motifs is 1. The predicted molar refractivity (Wildman–Crippen MR) is 96.1 cm³/mol. The lowest BCUT2D eigenvalue weighted by molar-refractivity contribution is -0.123. The maximum Gasteiger partial charge on any atom is 0.260 e. The first-order chi connectivity index (χ1) is 12.6. The molecule has 1 aromatic heterocycles. The van der Waals surface area contributed by atoms with Crippen LogP contribution in [0.5, 0.6) is 0 Å². The molecule has 0 aromatic carbocycles. The molecule has 144 valence electrons. The van der Waals surface area contributed by atoms with Gasteiger partial charge in [-0.25, -0.2) is 13.4 Å². The molecule has 3 aliphatic rings. The number of aromatic nitrogens is 2. The van der Waals surface area contributed by atoms with E-state index in [0.29, 0.717) is 24.7 Å². The standard InChI is InChI=1S/C17H27N5O3S/c23-17(14-5-1-7-18-14)20-10-13-4-2-8-21(12-13)26(24,25)16-11-19-15-6-3-9-22(15)16/h11,13-14,18H,1-10,12H2,(H,20,23). The minimum absolute atomic E-state index is 0.0380. The van der Waals surface area contributed by atoms with Gasteiger partial charge in [-0.15, -0.1) is 0 Å². The quantitative estimate of drug-likeness (QED) is 0.754. The molecule has 2 unspecified atom stereocenters. The third-order valence-electron chi connectivity index (χ3n) is 5.71. The Morgan fingerprint density at radius 3 is 2.96 bits per heavy atom. The molecule has 2 atom stereocenters. The summed E-state index contributed by atoms with van der Waals surface area (Å²) in [5.41, 5.74) is 0. The third-order valence-corrected chi connectivity index (χ3v) is 7.58. The van der Waals surface area contributed by atoms with E-state index in [9.17, 15) is 13.2 Å². The second-order valence-electron chi connectivity index (χ2n) is 7.53. The third kappa shape index (κ3) is 3.39. The lowest BCUT2D eigenvalue weighted by Crippen LogP contribution is -2.46. The van der Waals surface area contributed by atoms with Crippen LogP contribution in [0.3, 0.4) is 0 Å². The van der Waals surface area contributed by atoms with Crippen molar-refractivity contribution in [1.29, 1.82) is 0 Å². The van der Waals surface area contributed by atoms with E-state index in [1.165, 1.54) is 6.20 Å². The molecule has 4 heterocycles. The first kappa shape index (κ1) is 17.9. The van der Waals surface area contributed by atoms with Gasteiger partial charge >= 0.3 is 0 Å². The summed E-state index contributed by atoms with van der Waals surface area (Å²) >= 11 is 0. The number of amides is 1. The Labute approximate surface area is 154 Å². The molecule has 2 saturated heterocycles. The summed E-state index contributed by atoms with van der Waals surface area (Å²) < 4.78 is 29.6. The molecule has 0 spiro atoms. The molecule has 1 amide bonds. The van der Waals surface area contributed by atoms with E-state index in [-0.39, 0.29) is 17.9 Å². The first-order valence-corrected chi connectivity index (χ1v) is 11.1. The Kier molecular flexibility index (Phi) is 5.02. The van der Waals surface area contributed by atoms with Crippen molar-refractivity contribution in [1.82, 2.24) is 24.5 Å². The van der Waals surface area contributed by atoms with Gasteiger partial charge in [0.1, 0.15) is 5.82 Å². The molecule has 9 heteroatoms. The fourth-order valence-corrected chi connectivity index (χ4v) is 5.96. The van der Waals surface area contributed by atoms with Crippen molar-refractivity contribution in [2.24, 2.45) is 5.92 Å². The fourth-order valence-electron chi connectivity index (χ4n) is 4.26. The van der Waals surface area contributed by atoms with Crippen LogP contribution in [0.4, 0.5) is 0 Å². The zero-order valence-electron chi connectivity index (χ0n) is 15.0. The van der Waals surface area contributed by atoms with Gasteiger partial charge in [0.15, 0.2) is 5.03 Å². The van der Waals surface area contributed by atoms with Gasteiger partial charge in [-0.3, -0.25) is 4.79 Å². The normalized spacial score (nSPS) is 26.8. The molecule has 2 fully saturated rings. The average molecular weight is 382 g/mol. The van der Waals surface area contributed by atoms with Gasteiger partial charge in [0.2, 0.25) is 5.91 Å². The maximum absolute atomic E-state index is 13.1. The predicted octanol–water partition coefficient (Wildman–Crippen LogP) is 0.0982. The van der Waals surface area contributed by atoms with E-state index < -0.39 is 10.0 Å². The Morgan fingerprint density at radius 1 is 1.27 bits per heavy atom. The van der Waals surface area contributed by atoms with Crippen LogP contribution >= 0.6 is 0 Å². The SMILES string of the molecule is O=C(NCC1CCCN(S(=O)(=O)c2cnc3n2CCC3)C1)C1CCCN1. The van der Waals surface area contributed by atoms with Gasteiger partial charge in [-0.05, 0) is 44.6 Å². The van der Waals surface area contributed by atoms with Crippen LogP contribution < -0.4 is 10.6 Å². The minimum Gasteiger partial charge on any atom is -0.354 e. The van der Waals surface area contributed by atoms with Gasteiger partial charge in [0, 0.05) is 32.6 Å². The minimum atomic E-state index is -3.52. The number of rotatable bonds is 5. The maximum atomic E-state index is 13.1. The number of imidazole rings is 1. The second-order valence-corrected chi connectivity index (χ2v) is 9.42. The highest BCUT2D eigenvalue weighted by molar-refractivity contribution is 7.89. The molecule has 1 aromatic rings. The number of carbonyl (C=O) groups excluding carboxylic acids is 1. The highest BCUT2D eigenvalue weighted by atomic mass is 32.2. The van der Waals surface area contributed by atoms with Crippen molar-refractivity contribution in [3.8, 4) is 0 Å². The molecule has 26 heavy (non-hydrogen) atoms. The van der Waals surface area contributed by atoms with Crippen molar-refractivity contribution in [3.05, 3.63) is 12.0 Å². The van der Waals surface area contributed by atoms with E-state index >= 15 is 0 Å². The summed E-state index contributed by atoms with van der Waals surface area (Å²) in [5, 5.41) is 6.52. The van der Waals surface area contributed by atoms with Gasteiger partial charge in [0.25, 0.3) is 10.0 Å². The summed E-state index contributed by atoms with van der Waals surface area (Å²) in [6.07, 6.45) is 6.97. The van der Waals surface area contributed by atoms with E-state index in [0.717, 1.165) is 57.4 Å². The molecule has 2 N–H and O–H groups in total.